The number of aromatic hydroxyl groups is 1. The lowest BCUT2D eigenvalue weighted by Crippen LogP contribution is -2.17. The lowest BCUT2D eigenvalue weighted by Gasteiger charge is -2.07. The molecule has 3 N–H and O–H groups in total. The number of halogens is 2. The average molecular weight is 213 g/mol. The van der Waals surface area contributed by atoms with Gasteiger partial charge in [-0.25, -0.2) is 13.8 Å². The summed E-state index contributed by atoms with van der Waals surface area (Å²) in [6, 6.07) is 1.36. The van der Waals surface area contributed by atoms with Crippen LogP contribution in [0.2, 0.25) is 0 Å². The van der Waals surface area contributed by atoms with Crippen LogP contribution in [0.15, 0.2) is 6.20 Å². The summed E-state index contributed by atoms with van der Waals surface area (Å²) < 4.78 is 25.0. The predicted molar refractivity (Wildman–Crippen MR) is 44.1 cm³/mol. The number of carbonyl (C=O) groups excluding carboxylic acids is 1. The van der Waals surface area contributed by atoms with Gasteiger partial charge in [0.2, 0.25) is 0 Å². The first-order chi connectivity index (χ1) is 6.99. The minimum absolute atomic E-state index is 0.686. The number of primary amides is 1. The molecule has 15 heavy (non-hydrogen) atoms. The Morgan fingerprint density at radius 2 is 2.27 bits per heavy atom. The summed E-state index contributed by atoms with van der Waals surface area (Å²) in [5.74, 6) is -1.89. The van der Waals surface area contributed by atoms with Crippen molar-refractivity contribution in [3.05, 3.63) is 23.0 Å². The van der Waals surface area contributed by atoms with Crippen LogP contribution < -0.4 is 5.73 Å². The van der Waals surface area contributed by atoms with Crippen LogP contribution >= 0.6 is 0 Å². The Labute approximate surface area is 82.8 Å². The maximum absolute atomic E-state index is 12.5. The zero-order valence-corrected chi connectivity index (χ0v) is 7.24. The van der Waals surface area contributed by atoms with Crippen LogP contribution in [0, 0.1) is 11.3 Å². The predicted octanol–water partition coefficient (Wildman–Crippen LogP) is 0.695. The number of aromatic nitrogens is 1. The fourth-order valence-electron chi connectivity index (χ4n) is 1.04. The summed E-state index contributed by atoms with van der Waals surface area (Å²) in [7, 11) is 0. The fraction of sp³-hybridized carbons (Fsp3) is 0.125. The van der Waals surface area contributed by atoms with E-state index < -0.39 is 34.9 Å². The van der Waals surface area contributed by atoms with E-state index in [-0.39, 0.29) is 0 Å². The van der Waals surface area contributed by atoms with Crippen LogP contribution in [0.25, 0.3) is 0 Å². The van der Waals surface area contributed by atoms with E-state index >= 15 is 0 Å². The van der Waals surface area contributed by atoms with Gasteiger partial charge in [0.1, 0.15) is 17.3 Å². The Hall–Kier alpha value is -2.23. The molecule has 0 aliphatic carbocycles. The molecule has 1 rings (SSSR count). The van der Waals surface area contributed by atoms with E-state index in [0.717, 1.165) is 6.20 Å². The number of hydrogen-bond donors (Lipinski definition) is 2. The number of alkyl halides is 2. The van der Waals surface area contributed by atoms with Crippen molar-refractivity contribution >= 4 is 5.91 Å². The topological polar surface area (TPSA) is 100 Å². The molecule has 0 fully saturated rings. The molecular formula is C8H5F2N3O2. The summed E-state index contributed by atoms with van der Waals surface area (Å²) in [5.41, 5.74) is 2.47. The second-order valence-electron chi connectivity index (χ2n) is 2.56. The minimum Gasteiger partial charge on any atom is -0.505 e. The number of nitrogens with two attached hydrogens (primary N) is 1. The summed E-state index contributed by atoms with van der Waals surface area (Å²) >= 11 is 0. The third-order valence-electron chi connectivity index (χ3n) is 1.66. The standard InChI is InChI=1S/C8H5F2N3O2/c9-7(10)5-3(1-11)4(14)2-13-6(5)8(12)15/h2,7,14H,(H2,12,15). The summed E-state index contributed by atoms with van der Waals surface area (Å²) in [6.45, 7) is 0. The largest absolute Gasteiger partial charge is 0.505 e. The zero-order valence-electron chi connectivity index (χ0n) is 7.24. The maximum Gasteiger partial charge on any atom is 0.267 e. The Morgan fingerprint density at radius 1 is 1.67 bits per heavy atom. The molecule has 0 radical (unpaired) electrons. The minimum atomic E-state index is -3.11. The molecule has 7 heteroatoms. The van der Waals surface area contributed by atoms with E-state index in [4.69, 9.17) is 16.1 Å². The molecule has 5 nitrogen and oxygen atoms in total. The van der Waals surface area contributed by atoms with Crippen molar-refractivity contribution in [1.82, 2.24) is 4.98 Å². The quantitative estimate of drug-likeness (QED) is 0.754. The maximum atomic E-state index is 12.5. The van der Waals surface area contributed by atoms with Crippen molar-refractivity contribution < 1.29 is 18.7 Å². The Kier molecular flexibility index (Phi) is 2.80. The number of carbonyl (C=O) groups is 1. The number of hydrogen-bond acceptors (Lipinski definition) is 4. The van der Waals surface area contributed by atoms with Gasteiger partial charge < -0.3 is 10.8 Å². The lowest BCUT2D eigenvalue weighted by atomic mass is 10.1. The van der Waals surface area contributed by atoms with E-state index in [9.17, 15) is 13.6 Å². The molecule has 0 aliphatic heterocycles. The number of nitriles is 1. The monoisotopic (exact) mass is 213 g/mol. The molecule has 0 unspecified atom stereocenters. The molecule has 78 valence electrons. The van der Waals surface area contributed by atoms with Gasteiger partial charge in [-0.2, -0.15) is 5.26 Å². The van der Waals surface area contributed by atoms with Crippen molar-refractivity contribution in [2.75, 3.05) is 0 Å². The Morgan fingerprint density at radius 3 is 2.67 bits per heavy atom. The molecule has 0 spiro atoms. The lowest BCUT2D eigenvalue weighted by molar-refractivity contribution is 0.0979. The fourth-order valence-corrected chi connectivity index (χ4v) is 1.04. The van der Waals surface area contributed by atoms with Gasteiger partial charge in [-0.05, 0) is 0 Å². The van der Waals surface area contributed by atoms with Crippen molar-refractivity contribution in [2.24, 2.45) is 5.73 Å². The van der Waals surface area contributed by atoms with Gasteiger partial charge in [-0.15, -0.1) is 0 Å². The van der Waals surface area contributed by atoms with Crippen molar-refractivity contribution in [3.8, 4) is 11.8 Å². The molecule has 1 aromatic heterocycles. The van der Waals surface area contributed by atoms with Crippen molar-refractivity contribution in [3.63, 3.8) is 0 Å². The highest BCUT2D eigenvalue weighted by Gasteiger charge is 2.24. The third kappa shape index (κ3) is 1.83. The molecule has 0 saturated carbocycles. The molecule has 0 atom stereocenters. The number of pyridine rings is 1. The first-order valence-corrected chi connectivity index (χ1v) is 3.69. The Balaban J connectivity index is 3.58. The highest BCUT2D eigenvalue weighted by Crippen LogP contribution is 2.30. The van der Waals surface area contributed by atoms with Crippen LogP contribution in [-0.2, 0) is 0 Å². The Bertz CT molecular complexity index is 454. The molecule has 0 saturated heterocycles. The second kappa shape index (κ2) is 3.88. The normalized spacial score (nSPS) is 10.0. The van der Waals surface area contributed by atoms with Gasteiger partial charge in [-0.1, -0.05) is 0 Å². The van der Waals surface area contributed by atoms with Crippen LogP contribution in [-0.4, -0.2) is 16.0 Å². The molecular weight excluding hydrogens is 208 g/mol. The van der Waals surface area contributed by atoms with Gasteiger partial charge in [0.25, 0.3) is 12.3 Å². The van der Waals surface area contributed by atoms with Gasteiger partial charge in [0, 0.05) is 0 Å². The van der Waals surface area contributed by atoms with Crippen LogP contribution in [0.1, 0.15) is 28.0 Å². The molecule has 1 aromatic rings. The first-order valence-electron chi connectivity index (χ1n) is 3.69. The van der Waals surface area contributed by atoms with Gasteiger partial charge in [0.15, 0.2) is 5.75 Å². The summed E-state index contributed by atoms with van der Waals surface area (Å²) in [4.78, 5) is 14.0. The summed E-state index contributed by atoms with van der Waals surface area (Å²) in [5, 5.41) is 17.6. The highest BCUT2D eigenvalue weighted by molar-refractivity contribution is 5.93. The van der Waals surface area contributed by atoms with Gasteiger partial charge in [0.05, 0.1) is 11.8 Å². The summed E-state index contributed by atoms with van der Waals surface area (Å²) in [6.07, 6.45) is -2.38. The average Bonchev–Trinajstić information content (AvgIpc) is 2.16. The number of rotatable bonds is 2. The smallest absolute Gasteiger partial charge is 0.267 e. The highest BCUT2D eigenvalue weighted by atomic mass is 19.3. The van der Waals surface area contributed by atoms with E-state index in [1.165, 1.54) is 6.07 Å². The van der Waals surface area contributed by atoms with E-state index in [1.807, 2.05) is 0 Å². The third-order valence-corrected chi connectivity index (χ3v) is 1.66. The molecule has 1 amide bonds. The van der Waals surface area contributed by atoms with Crippen molar-refractivity contribution in [1.29, 1.82) is 5.26 Å². The molecule has 0 aliphatic rings. The molecule has 0 aromatic carbocycles. The molecule has 1 heterocycles. The number of amides is 1. The van der Waals surface area contributed by atoms with Crippen LogP contribution in [0.3, 0.4) is 0 Å². The van der Waals surface area contributed by atoms with E-state index in [1.54, 1.807) is 0 Å². The first kappa shape index (κ1) is 10.8. The number of nitrogens with zero attached hydrogens (tertiary/aromatic N) is 2. The SMILES string of the molecule is N#Cc1c(O)cnc(C(N)=O)c1C(F)F. The van der Waals surface area contributed by atoms with E-state index in [2.05, 4.69) is 4.98 Å². The van der Waals surface area contributed by atoms with Gasteiger partial charge >= 0.3 is 0 Å². The van der Waals surface area contributed by atoms with E-state index in [0.29, 0.717) is 0 Å². The van der Waals surface area contributed by atoms with Crippen molar-refractivity contribution in [2.45, 2.75) is 6.43 Å². The van der Waals surface area contributed by atoms with Crippen LogP contribution in [0.5, 0.6) is 5.75 Å². The van der Waals surface area contributed by atoms with Crippen LogP contribution in [0.4, 0.5) is 8.78 Å². The second-order valence-corrected chi connectivity index (χ2v) is 2.56. The molecule has 0 bridgehead atoms. The zero-order chi connectivity index (χ0) is 11.6. The van der Waals surface area contributed by atoms with Gasteiger partial charge in [-0.3, -0.25) is 4.79 Å².